The van der Waals surface area contributed by atoms with Crippen LogP contribution in [0.4, 0.5) is 0 Å². The Hall–Kier alpha value is -0.521. The summed E-state index contributed by atoms with van der Waals surface area (Å²) in [7, 11) is 0. The molecule has 25 heavy (non-hydrogen) atoms. The average molecular weight is 461 g/mol. The molecule has 0 aromatic heterocycles. The van der Waals surface area contributed by atoms with Crippen LogP contribution in [0.25, 0.3) is 0 Å². The summed E-state index contributed by atoms with van der Waals surface area (Å²) in [5, 5.41) is 0. The van der Waals surface area contributed by atoms with E-state index in [-0.39, 0.29) is 23.9 Å². The van der Waals surface area contributed by atoms with E-state index in [1.807, 2.05) is 0 Å². The minimum absolute atomic E-state index is 0. The standard InChI is InChI=1S/C20H36O4.Sn.2H/c1-17(2)11-7-5-9-15-23-19(21)13-14-20(22)24-16-10-6-8-12-18(3)4;;;/h13-14,17-18H,5-12,15-16H2,1-4H3;;;/b14-13-;;;. The van der Waals surface area contributed by atoms with Gasteiger partial charge in [-0.2, -0.15) is 0 Å². The van der Waals surface area contributed by atoms with Crippen molar-refractivity contribution in [1.29, 1.82) is 0 Å². The third kappa shape index (κ3) is 21.4. The van der Waals surface area contributed by atoms with Crippen molar-refractivity contribution in [3.63, 3.8) is 0 Å². The summed E-state index contributed by atoms with van der Waals surface area (Å²) < 4.78 is 10.1. The Morgan fingerprint density at radius 3 is 1.36 bits per heavy atom. The number of carbonyl (C=O) groups excluding carboxylic acids is 2. The summed E-state index contributed by atoms with van der Waals surface area (Å²) in [5.41, 5.74) is 0. The van der Waals surface area contributed by atoms with Crippen molar-refractivity contribution >= 4 is 35.8 Å². The van der Waals surface area contributed by atoms with Crippen LogP contribution in [0.2, 0.25) is 0 Å². The second kappa shape index (κ2) is 18.3. The summed E-state index contributed by atoms with van der Waals surface area (Å²) >= 11 is 0. The summed E-state index contributed by atoms with van der Waals surface area (Å²) in [4.78, 5) is 22.9. The summed E-state index contributed by atoms with van der Waals surface area (Å²) in [5.74, 6) is 0.480. The van der Waals surface area contributed by atoms with E-state index < -0.39 is 11.9 Å². The monoisotopic (exact) mass is 462 g/mol. The zero-order valence-corrected chi connectivity index (χ0v) is 20.8. The van der Waals surface area contributed by atoms with Crippen LogP contribution >= 0.6 is 0 Å². The van der Waals surface area contributed by atoms with E-state index >= 15 is 0 Å². The molecule has 0 rings (SSSR count). The number of rotatable bonds is 14. The maximum atomic E-state index is 11.5. The SMILES string of the molecule is CC(C)CCCCCOC(=O)/C=C\C(=O)OCCCCCC(C)C.[SnH2]. The number of hydrogen-bond donors (Lipinski definition) is 0. The fourth-order valence-corrected chi connectivity index (χ4v) is 2.24. The first kappa shape index (κ1) is 26.7. The van der Waals surface area contributed by atoms with E-state index in [4.69, 9.17) is 9.47 Å². The van der Waals surface area contributed by atoms with Crippen LogP contribution in [0.5, 0.6) is 0 Å². The van der Waals surface area contributed by atoms with Gasteiger partial charge in [-0.05, 0) is 24.7 Å². The molecule has 0 unspecified atom stereocenters. The molecule has 4 nitrogen and oxygen atoms in total. The maximum absolute atomic E-state index is 11.5. The molecule has 0 atom stereocenters. The first-order chi connectivity index (χ1) is 11.4. The number of hydrogen-bond acceptors (Lipinski definition) is 4. The Morgan fingerprint density at radius 2 is 1.04 bits per heavy atom. The zero-order valence-electron chi connectivity index (χ0n) is 16.7. The Bertz CT molecular complexity index is 331. The average Bonchev–Trinajstić information content (AvgIpc) is 2.51. The van der Waals surface area contributed by atoms with Gasteiger partial charge in [0.05, 0.1) is 13.2 Å². The predicted octanol–water partition coefficient (Wildman–Crippen LogP) is 4.15. The van der Waals surface area contributed by atoms with Gasteiger partial charge in [0.2, 0.25) is 0 Å². The van der Waals surface area contributed by atoms with Crippen molar-refractivity contribution < 1.29 is 19.1 Å². The molecule has 0 fully saturated rings. The molecule has 0 spiro atoms. The van der Waals surface area contributed by atoms with Gasteiger partial charge in [0.15, 0.2) is 0 Å². The van der Waals surface area contributed by atoms with E-state index in [1.165, 1.54) is 12.8 Å². The Kier molecular flexibility index (Phi) is 19.5. The van der Waals surface area contributed by atoms with E-state index in [1.54, 1.807) is 0 Å². The van der Waals surface area contributed by atoms with Gasteiger partial charge in [-0.15, -0.1) is 0 Å². The van der Waals surface area contributed by atoms with Crippen LogP contribution in [-0.2, 0) is 19.1 Å². The normalized spacial score (nSPS) is 11.0. The fourth-order valence-electron chi connectivity index (χ4n) is 2.24. The minimum atomic E-state index is -0.479. The van der Waals surface area contributed by atoms with Crippen molar-refractivity contribution in [1.82, 2.24) is 0 Å². The number of ether oxygens (including phenoxy) is 2. The van der Waals surface area contributed by atoms with E-state index in [2.05, 4.69) is 27.7 Å². The van der Waals surface area contributed by atoms with Crippen LogP contribution in [0, 0.1) is 11.8 Å². The molecule has 2 radical (unpaired) electrons. The van der Waals surface area contributed by atoms with Gasteiger partial charge in [-0.25, -0.2) is 9.59 Å². The van der Waals surface area contributed by atoms with Crippen LogP contribution in [0.3, 0.4) is 0 Å². The molecule has 0 bridgehead atoms. The van der Waals surface area contributed by atoms with Gasteiger partial charge >= 0.3 is 35.8 Å². The third-order valence-corrected chi connectivity index (χ3v) is 3.70. The second-order valence-electron chi connectivity index (χ2n) is 7.15. The zero-order chi connectivity index (χ0) is 18.2. The Morgan fingerprint density at radius 1 is 0.680 bits per heavy atom. The molecule has 0 aliphatic carbocycles. The molecule has 0 amide bonds. The molecular formula is C20H38O4Sn. The Labute approximate surface area is 171 Å². The number of esters is 2. The van der Waals surface area contributed by atoms with Crippen molar-refractivity contribution in [3.05, 3.63) is 12.2 Å². The number of unbranched alkanes of at least 4 members (excludes halogenated alkanes) is 4. The van der Waals surface area contributed by atoms with E-state index in [9.17, 15) is 9.59 Å². The topological polar surface area (TPSA) is 52.6 Å². The fraction of sp³-hybridized carbons (Fsp3) is 0.800. The number of carbonyl (C=O) groups is 2. The third-order valence-electron chi connectivity index (χ3n) is 3.70. The second-order valence-corrected chi connectivity index (χ2v) is 7.15. The van der Waals surface area contributed by atoms with Gasteiger partial charge < -0.3 is 9.47 Å². The van der Waals surface area contributed by atoms with Crippen LogP contribution < -0.4 is 0 Å². The van der Waals surface area contributed by atoms with Crippen molar-refractivity contribution in [2.45, 2.75) is 79.1 Å². The summed E-state index contributed by atoms with van der Waals surface area (Å²) in [6, 6.07) is 0. The molecule has 0 aromatic carbocycles. The molecule has 0 saturated carbocycles. The van der Waals surface area contributed by atoms with Gasteiger partial charge in [0.25, 0.3) is 0 Å². The Balaban J connectivity index is 0. The molecule has 0 aromatic rings. The summed E-state index contributed by atoms with van der Waals surface area (Å²) in [6.07, 6.45) is 10.9. The predicted molar refractivity (Wildman–Crippen MR) is 106 cm³/mol. The van der Waals surface area contributed by atoms with Crippen LogP contribution in [-0.4, -0.2) is 49.1 Å². The molecule has 146 valence electrons. The molecule has 5 heteroatoms. The van der Waals surface area contributed by atoms with Crippen molar-refractivity contribution in [3.8, 4) is 0 Å². The van der Waals surface area contributed by atoms with E-state index in [0.717, 1.165) is 62.5 Å². The van der Waals surface area contributed by atoms with Gasteiger partial charge in [-0.1, -0.05) is 66.2 Å². The molecule has 0 aliphatic heterocycles. The summed E-state index contributed by atoms with van der Waals surface area (Å²) in [6.45, 7) is 9.63. The van der Waals surface area contributed by atoms with Crippen LogP contribution in [0.15, 0.2) is 12.2 Å². The molecule has 0 saturated heterocycles. The van der Waals surface area contributed by atoms with Gasteiger partial charge in [-0.3, -0.25) is 0 Å². The molecule has 0 heterocycles. The first-order valence-electron chi connectivity index (χ1n) is 9.43. The quantitative estimate of drug-likeness (QED) is 0.169. The molecular weight excluding hydrogens is 423 g/mol. The van der Waals surface area contributed by atoms with E-state index in [0.29, 0.717) is 13.2 Å². The first-order valence-corrected chi connectivity index (χ1v) is 9.43. The van der Waals surface area contributed by atoms with Gasteiger partial charge in [0.1, 0.15) is 0 Å². The molecule has 0 aliphatic rings. The van der Waals surface area contributed by atoms with Crippen molar-refractivity contribution in [2.75, 3.05) is 13.2 Å². The van der Waals surface area contributed by atoms with Crippen molar-refractivity contribution in [2.24, 2.45) is 11.8 Å². The van der Waals surface area contributed by atoms with Gasteiger partial charge in [0, 0.05) is 12.2 Å². The molecule has 0 N–H and O–H groups in total. The van der Waals surface area contributed by atoms with Crippen LogP contribution in [0.1, 0.15) is 79.1 Å².